The fourth-order valence-corrected chi connectivity index (χ4v) is 3.36. The van der Waals surface area contributed by atoms with E-state index in [1.54, 1.807) is 0 Å². The number of allylic oxidation sites excluding steroid dienone is 1. The van der Waals surface area contributed by atoms with Crippen LogP contribution in [0.15, 0.2) is 54.9 Å². The minimum atomic E-state index is 0.460. The molecule has 1 aliphatic rings. The molecular formula is C19H20Cl2N2. The second kappa shape index (κ2) is 7.96. The van der Waals surface area contributed by atoms with Gasteiger partial charge in [0.15, 0.2) is 0 Å². The summed E-state index contributed by atoms with van der Waals surface area (Å²) in [4.78, 5) is 4.12. The van der Waals surface area contributed by atoms with E-state index in [9.17, 15) is 0 Å². The van der Waals surface area contributed by atoms with Gasteiger partial charge in [-0.05, 0) is 60.6 Å². The molecule has 2 aromatic rings. The van der Waals surface area contributed by atoms with E-state index in [1.807, 2.05) is 30.6 Å². The standard InChI is InChI=1S/C19H20Cl2N2/c20-18-6-5-14(11-19(18)21)13-23-17-4-2-1-3-16(12-17)15-7-9-22-10-8-15/h1-2,5-11,16-17,23H,3-4,12-13H2. The molecule has 2 nitrogen and oxygen atoms in total. The van der Waals surface area contributed by atoms with E-state index in [0.717, 1.165) is 31.4 Å². The zero-order valence-corrected chi connectivity index (χ0v) is 14.4. The zero-order valence-electron chi connectivity index (χ0n) is 12.9. The maximum atomic E-state index is 6.09. The van der Waals surface area contributed by atoms with Crippen molar-refractivity contribution < 1.29 is 0 Å². The third kappa shape index (κ3) is 4.57. The molecule has 0 saturated heterocycles. The third-order valence-corrected chi connectivity index (χ3v) is 5.07. The first-order valence-electron chi connectivity index (χ1n) is 7.94. The van der Waals surface area contributed by atoms with Crippen LogP contribution in [0.5, 0.6) is 0 Å². The molecule has 0 bridgehead atoms. The van der Waals surface area contributed by atoms with Crippen LogP contribution in [-0.2, 0) is 6.54 Å². The van der Waals surface area contributed by atoms with E-state index in [4.69, 9.17) is 23.2 Å². The maximum absolute atomic E-state index is 6.09. The van der Waals surface area contributed by atoms with Crippen molar-refractivity contribution in [2.24, 2.45) is 0 Å². The highest BCUT2D eigenvalue weighted by Crippen LogP contribution is 2.29. The molecule has 0 amide bonds. The van der Waals surface area contributed by atoms with E-state index < -0.39 is 0 Å². The topological polar surface area (TPSA) is 24.9 Å². The number of rotatable bonds is 4. The van der Waals surface area contributed by atoms with Gasteiger partial charge in [-0.1, -0.05) is 41.4 Å². The second-order valence-corrected chi connectivity index (χ2v) is 6.80. The van der Waals surface area contributed by atoms with E-state index >= 15 is 0 Å². The van der Waals surface area contributed by atoms with Crippen molar-refractivity contribution in [2.75, 3.05) is 0 Å². The minimum absolute atomic E-state index is 0.460. The largest absolute Gasteiger partial charge is 0.310 e. The minimum Gasteiger partial charge on any atom is -0.310 e. The lowest BCUT2D eigenvalue weighted by molar-refractivity contribution is 0.449. The highest BCUT2D eigenvalue weighted by Gasteiger charge is 2.18. The molecule has 1 aromatic carbocycles. The molecule has 0 spiro atoms. The number of hydrogen-bond donors (Lipinski definition) is 1. The molecule has 2 atom stereocenters. The van der Waals surface area contributed by atoms with E-state index in [0.29, 0.717) is 22.0 Å². The van der Waals surface area contributed by atoms with Crippen molar-refractivity contribution in [3.05, 3.63) is 76.0 Å². The highest BCUT2D eigenvalue weighted by molar-refractivity contribution is 6.42. The van der Waals surface area contributed by atoms with Gasteiger partial charge in [-0.15, -0.1) is 0 Å². The molecule has 0 radical (unpaired) electrons. The number of nitrogens with one attached hydrogen (secondary N) is 1. The number of halogens is 2. The summed E-state index contributed by atoms with van der Waals surface area (Å²) in [5.41, 5.74) is 2.53. The quantitative estimate of drug-likeness (QED) is 0.752. The van der Waals surface area contributed by atoms with Crippen LogP contribution in [0, 0.1) is 0 Å². The van der Waals surface area contributed by atoms with Gasteiger partial charge in [0, 0.05) is 25.0 Å². The Balaban J connectivity index is 1.63. The molecule has 0 aliphatic heterocycles. The average molecular weight is 347 g/mol. The van der Waals surface area contributed by atoms with Crippen molar-refractivity contribution in [3.8, 4) is 0 Å². The van der Waals surface area contributed by atoms with E-state index in [-0.39, 0.29) is 0 Å². The van der Waals surface area contributed by atoms with Crippen molar-refractivity contribution in [3.63, 3.8) is 0 Å². The van der Waals surface area contributed by atoms with Crippen LogP contribution in [0.4, 0.5) is 0 Å². The van der Waals surface area contributed by atoms with E-state index in [2.05, 4.69) is 34.6 Å². The molecule has 1 heterocycles. The van der Waals surface area contributed by atoms with Crippen LogP contribution in [0.3, 0.4) is 0 Å². The van der Waals surface area contributed by atoms with Gasteiger partial charge in [-0.2, -0.15) is 0 Å². The lowest BCUT2D eigenvalue weighted by atomic mass is 9.91. The fraction of sp³-hybridized carbons (Fsp3) is 0.316. The van der Waals surface area contributed by atoms with E-state index in [1.165, 1.54) is 5.56 Å². The second-order valence-electron chi connectivity index (χ2n) is 5.98. The number of benzene rings is 1. The smallest absolute Gasteiger partial charge is 0.0595 e. The first-order valence-corrected chi connectivity index (χ1v) is 8.70. The van der Waals surface area contributed by atoms with Gasteiger partial charge >= 0.3 is 0 Å². The normalized spacial score (nSPS) is 21.1. The summed E-state index contributed by atoms with van der Waals surface area (Å²) in [6.45, 7) is 0.804. The van der Waals surface area contributed by atoms with Gasteiger partial charge in [-0.3, -0.25) is 4.98 Å². The monoisotopic (exact) mass is 346 g/mol. The average Bonchev–Trinajstić information content (AvgIpc) is 2.82. The molecule has 120 valence electrons. The van der Waals surface area contributed by atoms with Crippen LogP contribution in [0.25, 0.3) is 0 Å². The van der Waals surface area contributed by atoms with Crippen LogP contribution >= 0.6 is 23.2 Å². The van der Waals surface area contributed by atoms with Crippen molar-refractivity contribution >= 4 is 23.2 Å². The van der Waals surface area contributed by atoms with Crippen molar-refractivity contribution in [1.29, 1.82) is 0 Å². The Kier molecular flexibility index (Phi) is 5.71. The number of pyridine rings is 1. The van der Waals surface area contributed by atoms with Gasteiger partial charge in [0.05, 0.1) is 10.0 Å². The Morgan fingerprint density at radius 1 is 1.00 bits per heavy atom. The SMILES string of the molecule is Clc1ccc(CNC2CC=CCC(c3ccncc3)C2)cc1Cl. The van der Waals surface area contributed by atoms with Gasteiger partial charge < -0.3 is 5.32 Å². The Bertz CT molecular complexity index is 670. The molecule has 1 aliphatic carbocycles. The van der Waals surface area contributed by atoms with Crippen LogP contribution in [0.2, 0.25) is 10.0 Å². The molecule has 23 heavy (non-hydrogen) atoms. The Morgan fingerprint density at radius 3 is 2.57 bits per heavy atom. The van der Waals surface area contributed by atoms with Crippen LogP contribution < -0.4 is 5.32 Å². The summed E-state index contributed by atoms with van der Waals surface area (Å²) in [5.74, 6) is 0.544. The van der Waals surface area contributed by atoms with Crippen molar-refractivity contribution in [2.45, 2.75) is 37.8 Å². The molecule has 1 aromatic heterocycles. The van der Waals surface area contributed by atoms with Gasteiger partial charge in [0.25, 0.3) is 0 Å². The first-order chi connectivity index (χ1) is 11.2. The Labute approximate surface area is 147 Å². The summed E-state index contributed by atoms with van der Waals surface area (Å²) in [5, 5.41) is 4.87. The first kappa shape index (κ1) is 16.5. The Morgan fingerprint density at radius 2 is 1.78 bits per heavy atom. The summed E-state index contributed by atoms with van der Waals surface area (Å²) in [6, 6.07) is 10.5. The molecule has 0 saturated carbocycles. The molecule has 3 rings (SSSR count). The maximum Gasteiger partial charge on any atom is 0.0595 e. The lowest BCUT2D eigenvalue weighted by Crippen LogP contribution is -2.29. The molecule has 4 heteroatoms. The summed E-state index contributed by atoms with van der Waals surface area (Å²) < 4.78 is 0. The number of hydrogen-bond acceptors (Lipinski definition) is 2. The van der Waals surface area contributed by atoms with Crippen LogP contribution in [-0.4, -0.2) is 11.0 Å². The summed E-state index contributed by atoms with van der Waals surface area (Å²) in [6.07, 6.45) is 11.6. The molecule has 1 N–H and O–H groups in total. The fourth-order valence-electron chi connectivity index (χ4n) is 3.04. The van der Waals surface area contributed by atoms with Gasteiger partial charge in [-0.25, -0.2) is 0 Å². The third-order valence-electron chi connectivity index (χ3n) is 4.33. The molecule has 2 unspecified atom stereocenters. The molecule has 0 fully saturated rings. The number of nitrogens with zero attached hydrogens (tertiary/aromatic N) is 1. The predicted molar refractivity (Wildman–Crippen MR) is 97.1 cm³/mol. The van der Waals surface area contributed by atoms with Crippen LogP contribution in [0.1, 0.15) is 36.3 Å². The summed E-state index contributed by atoms with van der Waals surface area (Å²) in [7, 11) is 0. The lowest BCUT2D eigenvalue weighted by Gasteiger charge is -2.22. The summed E-state index contributed by atoms with van der Waals surface area (Å²) >= 11 is 12.1. The zero-order chi connectivity index (χ0) is 16.1. The number of aromatic nitrogens is 1. The van der Waals surface area contributed by atoms with Gasteiger partial charge in [0.1, 0.15) is 0 Å². The highest BCUT2D eigenvalue weighted by atomic mass is 35.5. The molecular weight excluding hydrogens is 327 g/mol. The Hall–Kier alpha value is -1.35. The van der Waals surface area contributed by atoms with Crippen molar-refractivity contribution in [1.82, 2.24) is 10.3 Å². The predicted octanol–water partition coefficient (Wildman–Crippen LogP) is 5.37. The van der Waals surface area contributed by atoms with Gasteiger partial charge in [0.2, 0.25) is 0 Å².